The fourth-order valence-electron chi connectivity index (χ4n) is 3.00. The Bertz CT molecular complexity index is 1120. The molecule has 2 N–H and O–H groups in total. The second-order valence-corrected chi connectivity index (χ2v) is 8.16. The van der Waals surface area contributed by atoms with Crippen LogP contribution in [-0.4, -0.2) is 31.2 Å². The second-order valence-electron chi connectivity index (χ2n) is 7.24. The van der Waals surface area contributed by atoms with Crippen LogP contribution in [0.4, 0.5) is 0 Å². The van der Waals surface area contributed by atoms with E-state index >= 15 is 0 Å². The summed E-state index contributed by atoms with van der Waals surface area (Å²) in [5, 5.41) is 6.45. The smallest absolute Gasteiger partial charge is 0.329 e. The van der Waals surface area contributed by atoms with E-state index in [2.05, 4.69) is 31.8 Å². The molecule has 3 rings (SSSR count). The van der Waals surface area contributed by atoms with Crippen LogP contribution in [0.15, 0.2) is 82.4 Å². The topological polar surface area (TPSA) is 89.0 Å². The van der Waals surface area contributed by atoms with Gasteiger partial charge in [0.05, 0.1) is 12.8 Å². The molecular formula is C26H26BrN3O4. The number of nitrogens with one attached hydrogen (secondary N) is 2. The summed E-state index contributed by atoms with van der Waals surface area (Å²) < 4.78 is 12.6. The van der Waals surface area contributed by atoms with Crippen molar-refractivity contribution in [1.82, 2.24) is 10.7 Å². The number of ether oxygens (including phenoxy) is 2. The van der Waals surface area contributed by atoms with Gasteiger partial charge >= 0.3 is 11.8 Å². The summed E-state index contributed by atoms with van der Waals surface area (Å²) in [5.41, 5.74) is 5.03. The summed E-state index contributed by atoms with van der Waals surface area (Å²) in [7, 11) is 0. The number of halogens is 1. The molecule has 3 aromatic rings. The van der Waals surface area contributed by atoms with Gasteiger partial charge in [0, 0.05) is 11.0 Å². The molecule has 8 heteroatoms. The summed E-state index contributed by atoms with van der Waals surface area (Å²) >= 11 is 3.42. The highest BCUT2D eigenvalue weighted by Crippen LogP contribution is 2.29. The summed E-state index contributed by atoms with van der Waals surface area (Å²) in [4.78, 5) is 23.9. The first kappa shape index (κ1) is 25.0. The maximum atomic E-state index is 12.0. The summed E-state index contributed by atoms with van der Waals surface area (Å²) in [6, 6.07) is 22.9. The largest absolute Gasteiger partial charge is 0.490 e. The number of amides is 2. The van der Waals surface area contributed by atoms with Crippen molar-refractivity contribution >= 4 is 34.0 Å². The molecule has 0 aromatic heterocycles. The van der Waals surface area contributed by atoms with Gasteiger partial charge in [0.15, 0.2) is 11.5 Å². The van der Waals surface area contributed by atoms with Crippen LogP contribution in [0.1, 0.15) is 23.6 Å². The average Bonchev–Trinajstić information content (AvgIpc) is 2.85. The highest BCUT2D eigenvalue weighted by molar-refractivity contribution is 9.10. The highest BCUT2D eigenvalue weighted by Gasteiger charge is 2.12. The van der Waals surface area contributed by atoms with Gasteiger partial charge in [-0.3, -0.25) is 9.59 Å². The Hall–Kier alpha value is -3.65. The molecule has 0 bridgehead atoms. The molecule has 0 fully saturated rings. The fraction of sp³-hybridized carbons (Fsp3) is 0.192. The first-order valence-corrected chi connectivity index (χ1v) is 11.6. The number of hydrazone groups is 1. The van der Waals surface area contributed by atoms with Crippen LogP contribution in [0.5, 0.6) is 11.5 Å². The van der Waals surface area contributed by atoms with Crippen LogP contribution in [0, 0.1) is 0 Å². The number of carbonyl (C=O) groups is 2. The molecule has 0 heterocycles. The minimum Gasteiger partial charge on any atom is -0.490 e. The van der Waals surface area contributed by atoms with Crippen LogP contribution < -0.4 is 20.2 Å². The molecule has 0 aliphatic heterocycles. The van der Waals surface area contributed by atoms with Crippen LogP contribution in [0.3, 0.4) is 0 Å². The van der Waals surface area contributed by atoms with Crippen molar-refractivity contribution < 1.29 is 19.1 Å². The van der Waals surface area contributed by atoms with Gasteiger partial charge in [-0.2, -0.15) is 5.10 Å². The van der Waals surface area contributed by atoms with E-state index < -0.39 is 11.8 Å². The van der Waals surface area contributed by atoms with Crippen molar-refractivity contribution in [2.24, 2.45) is 5.10 Å². The van der Waals surface area contributed by atoms with Crippen molar-refractivity contribution in [3.05, 3.63) is 94.0 Å². The number of nitrogens with zero attached hydrogens (tertiary/aromatic N) is 1. The van der Waals surface area contributed by atoms with Gasteiger partial charge in [0.25, 0.3) is 0 Å². The summed E-state index contributed by atoms with van der Waals surface area (Å²) in [5.74, 6) is -0.402. The molecule has 0 saturated carbocycles. The Morgan fingerprint density at radius 3 is 2.41 bits per heavy atom. The second kappa shape index (κ2) is 13.2. The number of hydrogen-bond donors (Lipinski definition) is 2. The fourth-order valence-corrected chi connectivity index (χ4v) is 3.26. The quantitative estimate of drug-likeness (QED) is 0.236. The van der Waals surface area contributed by atoms with E-state index in [1.165, 1.54) is 6.21 Å². The molecule has 176 valence electrons. The van der Waals surface area contributed by atoms with E-state index in [-0.39, 0.29) is 0 Å². The minimum atomic E-state index is -0.830. The number of benzene rings is 3. The standard InChI is InChI=1S/C26H26BrN3O4/c1-2-33-24-16-21(10-13-23(24)34-18-20-8-11-22(27)12-9-20)17-29-30-26(32)25(31)28-15-14-19-6-4-3-5-7-19/h3-13,16-17H,2,14-15,18H2,1H3,(H,28,31)(H,30,32)/b29-17-. The summed E-state index contributed by atoms with van der Waals surface area (Å²) in [6.45, 7) is 3.11. The van der Waals surface area contributed by atoms with Crippen molar-refractivity contribution in [3.8, 4) is 11.5 Å². The zero-order chi connectivity index (χ0) is 24.2. The van der Waals surface area contributed by atoms with Crippen LogP contribution in [-0.2, 0) is 22.6 Å². The van der Waals surface area contributed by atoms with Crippen LogP contribution in [0.2, 0.25) is 0 Å². The molecule has 0 atom stereocenters. The Balaban J connectivity index is 1.50. The maximum Gasteiger partial charge on any atom is 0.329 e. The van der Waals surface area contributed by atoms with Gasteiger partial charge in [0.1, 0.15) is 6.61 Å². The monoisotopic (exact) mass is 523 g/mol. The van der Waals surface area contributed by atoms with E-state index in [4.69, 9.17) is 9.47 Å². The normalized spacial score (nSPS) is 10.6. The van der Waals surface area contributed by atoms with E-state index in [1.54, 1.807) is 18.2 Å². The van der Waals surface area contributed by atoms with Gasteiger partial charge in [-0.25, -0.2) is 5.43 Å². The van der Waals surface area contributed by atoms with Gasteiger partial charge in [-0.1, -0.05) is 58.4 Å². The third-order valence-electron chi connectivity index (χ3n) is 4.70. The molecular weight excluding hydrogens is 498 g/mol. The summed E-state index contributed by atoms with van der Waals surface area (Å²) in [6.07, 6.45) is 2.08. The Kier molecular flexibility index (Phi) is 9.66. The predicted molar refractivity (Wildman–Crippen MR) is 135 cm³/mol. The third-order valence-corrected chi connectivity index (χ3v) is 5.23. The molecule has 0 aliphatic rings. The molecule has 0 aliphatic carbocycles. The molecule has 0 unspecified atom stereocenters. The molecule has 2 amide bonds. The van der Waals surface area contributed by atoms with Crippen LogP contribution >= 0.6 is 15.9 Å². The first-order valence-electron chi connectivity index (χ1n) is 10.8. The minimum absolute atomic E-state index is 0.361. The van der Waals surface area contributed by atoms with E-state index in [0.29, 0.717) is 43.2 Å². The zero-order valence-electron chi connectivity index (χ0n) is 18.8. The van der Waals surface area contributed by atoms with Crippen molar-refractivity contribution in [1.29, 1.82) is 0 Å². The van der Waals surface area contributed by atoms with Crippen molar-refractivity contribution in [2.75, 3.05) is 13.2 Å². The Morgan fingerprint density at radius 2 is 1.68 bits per heavy atom. The number of hydrogen-bond acceptors (Lipinski definition) is 5. The number of rotatable bonds is 10. The van der Waals surface area contributed by atoms with Gasteiger partial charge in [0.2, 0.25) is 0 Å². The van der Waals surface area contributed by atoms with E-state index in [1.807, 2.05) is 61.5 Å². The highest BCUT2D eigenvalue weighted by atomic mass is 79.9. The molecule has 3 aromatic carbocycles. The van der Waals surface area contributed by atoms with Gasteiger partial charge < -0.3 is 14.8 Å². The Labute approximate surface area is 207 Å². The lowest BCUT2D eigenvalue weighted by atomic mass is 10.1. The first-order chi connectivity index (χ1) is 16.5. The lowest BCUT2D eigenvalue weighted by molar-refractivity contribution is -0.139. The lowest BCUT2D eigenvalue weighted by Crippen LogP contribution is -2.38. The lowest BCUT2D eigenvalue weighted by Gasteiger charge is -2.12. The van der Waals surface area contributed by atoms with E-state index in [9.17, 15) is 9.59 Å². The Morgan fingerprint density at radius 1 is 0.912 bits per heavy atom. The van der Waals surface area contributed by atoms with E-state index in [0.717, 1.165) is 15.6 Å². The van der Waals surface area contributed by atoms with Crippen LogP contribution in [0.25, 0.3) is 0 Å². The predicted octanol–water partition coefficient (Wildman–Crippen LogP) is 4.24. The molecule has 0 radical (unpaired) electrons. The SMILES string of the molecule is CCOc1cc(/C=N\NC(=O)C(=O)NCCc2ccccc2)ccc1OCc1ccc(Br)cc1. The number of carbonyl (C=O) groups excluding carboxylic acids is 2. The zero-order valence-corrected chi connectivity index (χ0v) is 20.4. The molecule has 0 spiro atoms. The average molecular weight is 524 g/mol. The van der Waals surface area contributed by atoms with Gasteiger partial charge in [-0.15, -0.1) is 0 Å². The van der Waals surface area contributed by atoms with Crippen molar-refractivity contribution in [2.45, 2.75) is 20.0 Å². The molecule has 34 heavy (non-hydrogen) atoms. The molecule has 7 nitrogen and oxygen atoms in total. The third kappa shape index (κ3) is 8.04. The molecule has 0 saturated heterocycles. The maximum absolute atomic E-state index is 12.0. The van der Waals surface area contributed by atoms with Gasteiger partial charge in [-0.05, 0) is 60.4 Å². The van der Waals surface area contributed by atoms with Crippen molar-refractivity contribution in [3.63, 3.8) is 0 Å².